The van der Waals surface area contributed by atoms with E-state index in [1.54, 1.807) is 30.3 Å². The summed E-state index contributed by atoms with van der Waals surface area (Å²) in [7, 11) is 0. The van der Waals surface area contributed by atoms with Gasteiger partial charge in [-0.1, -0.05) is 35.8 Å². The number of barbiturate groups is 1. The maximum atomic E-state index is 15.3. The predicted octanol–water partition coefficient (Wildman–Crippen LogP) is 5.76. The second-order valence-electron chi connectivity index (χ2n) is 9.44. The third-order valence-electron chi connectivity index (χ3n) is 6.42. The van der Waals surface area contributed by atoms with Crippen molar-refractivity contribution in [2.24, 2.45) is 0 Å². The van der Waals surface area contributed by atoms with E-state index in [4.69, 9.17) is 0 Å². The molecule has 0 aliphatic carbocycles. The molecular formula is C26H27BrFN3O3. The fourth-order valence-corrected chi connectivity index (χ4v) is 5.33. The van der Waals surface area contributed by atoms with Crippen molar-refractivity contribution in [2.75, 3.05) is 16.3 Å². The SMILES string of the molecule is CCCN1c2cc(F)c(/C=C3/C(=O)NC(=O)N(c4cccc(Br)c4)C3=O)cc2C(C)CC1(C)C. The van der Waals surface area contributed by atoms with Crippen LogP contribution in [0.4, 0.5) is 20.6 Å². The van der Waals surface area contributed by atoms with Gasteiger partial charge >= 0.3 is 6.03 Å². The third-order valence-corrected chi connectivity index (χ3v) is 6.91. The molecule has 4 amide bonds. The van der Waals surface area contributed by atoms with Gasteiger partial charge in [0.05, 0.1) is 5.69 Å². The van der Waals surface area contributed by atoms with E-state index >= 15 is 4.39 Å². The van der Waals surface area contributed by atoms with E-state index in [9.17, 15) is 14.4 Å². The molecule has 1 unspecified atom stereocenters. The molecule has 34 heavy (non-hydrogen) atoms. The van der Waals surface area contributed by atoms with Gasteiger partial charge in [0, 0.05) is 27.8 Å². The number of carbonyl (C=O) groups excluding carboxylic acids is 3. The van der Waals surface area contributed by atoms with Crippen LogP contribution in [-0.2, 0) is 9.59 Å². The first-order chi connectivity index (χ1) is 16.0. The monoisotopic (exact) mass is 527 g/mol. The third kappa shape index (κ3) is 4.27. The van der Waals surface area contributed by atoms with Crippen LogP contribution < -0.4 is 15.1 Å². The van der Waals surface area contributed by atoms with Crippen LogP contribution in [0.2, 0.25) is 0 Å². The molecular weight excluding hydrogens is 501 g/mol. The van der Waals surface area contributed by atoms with E-state index in [0.717, 1.165) is 35.5 Å². The Labute approximate surface area is 206 Å². The Hall–Kier alpha value is -3.00. The molecule has 178 valence electrons. The summed E-state index contributed by atoms with van der Waals surface area (Å²) in [6.07, 6.45) is 3.06. The molecule has 1 N–H and O–H groups in total. The number of urea groups is 1. The molecule has 2 aromatic rings. The first kappa shape index (κ1) is 24.1. The summed E-state index contributed by atoms with van der Waals surface area (Å²) in [4.78, 5) is 41.3. The lowest BCUT2D eigenvalue weighted by Gasteiger charge is -2.47. The first-order valence-corrected chi connectivity index (χ1v) is 12.1. The van der Waals surface area contributed by atoms with Gasteiger partial charge in [-0.05, 0) is 74.6 Å². The molecule has 0 saturated carbocycles. The quantitative estimate of drug-likeness (QED) is 0.405. The minimum atomic E-state index is -0.847. The number of carbonyl (C=O) groups is 3. The zero-order valence-electron chi connectivity index (χ0n) is 19.6. The van der Waals surface area contributed by atoms with Crippen LogP contribution in [0.3, 0.4) is 0 Å². The second-order valence-corrected chi connectivity index (χ2v) is 10.4. The molecule has 0 radical (unpaired) electrons. The summed E-state index contributed by atoms with van der Waals surface area (Å²) in [5.41, 5.74) is 1.85. The lowest BCUT2D eigenvalue weighted by molar-refractivity contribution is -0.122. The van der Waals surface area contributed by atoms with E-state index in [1.807, 2.05) is 0 Å². The minimum absolute atomic E-state index is 0.112. The van der Waals surface area contributed by atoms with Gasteiger partial charge in [-0.25, -0.2) is 14.1 Å². The largest absolute Gasteiger partial charge is 0.366 e. The number of imide groups is 2. The van der Waals surface area contributed by atoms with Gasteiger partial charge in [0.1, 0.15) is 11.4 Å². The number of hydrogen-bond acceptors (Lipinski definition) is 4. The lowest BCUT2D eigenvalue weighted by atomic mass is 9.79. The highest BCUT2D eigenvalue weighted by Crippen LogP contribution is 2.44. The number of fused-ring (bicyclic) bond motifs is 1. The molecule has 4 rings (SSSR count). The van der Waals surface area contributed by atoms with Gasteiger partial charge in [-0.2, -0.15) is 0 Å². The first-order valence-electron chi connectivity index (χ1n) is 11.3. The minimum Gasteiger partial charge on any atom is -0.366 e. The maximum Gasteiger partial charge on any atom is 0.335 e. The zero-order chi connectivity index (χ0) is 24.8. The van der Waals surface area contributed by atoms with Crippen LogP contribution in [0.15, 0.2) is 46.4 Å². The number of anilines is 2. The number of hydrogen-bond donors (Lipinski definition) is 1. The van der Waals surface area contributed by atoms with E-state index in [0.29, 0.717) is 10.2 Å². The second kappa shape index (κ2) is 8.98. The van der Waals surface area contributed by atoms with Crippen LogP contribution in [0.5, 0.6) is 0 Å². The van der Waals surface area contributed by atoms with Crippen molar-refractivity contribution in [1.29, 1.82) is 0 Å². The summed E-state index contributed by atoms with van der Waals surface area (Å²) in [5, 5.41) is 2.19. The number of nitrogens with one attached hydrogen (secondary N) is 1. The number of nitrogens with zero attached hydrogens (tertiary/aromatic N) is 2. The van der Waals surface area contributed by atoms with Gasteiger partial charge in [0.25, 0.3) is 11.8 Å². The molecule has 1 atom stereocenters. The fourth-order valence-electron chi connectivity index (χ4n) is 4.94. The number of benzene rings is 2. The molecule has 1 saturated heterocycles. The number of rotatable bonds is 4. The molecule has 0 aromatic heterocycles. The average molecular weight is 528 g/mol. The standard InChI is InChI=1S/C26H27BrFN3O3/c1-5-9-30-22-13-21(28)16(10-19(22)15(2)14-26(30,3)4)11-20-23(32)29-25(34)31(24(20)33)18-8-6-7-17(27)12-18/h6-8,10-13,15H,5,9,14H2,1-4H3,(H,29,32,34)/b20-11-. The van der Waals surface area contributed by atoms with Gasteiger partial charge in [-0.15, -0.1) is 0 Å². The maximum absolute atomic E-state index is 15.3. The molecule has 2 aliphatic heterocycles. The van der Waals surface area contributed by atoms with Crippen LogP contribution in [0.25, 0.3) is 6.08 Å². The van der Waals surface area contributed by atoms with Gasteiger partial charge in [-0.3, -0.25) is 14.9 Å². The highest BCUT2D eigenvalue weighted by atomic mass is 79.9. The molecule has 0 bridgehead atoms. The van der Waals surface area contributed by atoms with E-state index in [-0.39, 0.29) is 22.6 Å². The van der Waals surface area contributed by atoms with E-state index in [1.165, 1.54) is 12.1 Å². The number of halogens is 2. The van der Waals surface area contributed by atoms with E-state index < -0.39 is 23.7 Å². The lowest BCUT2D eigenvalue weighted by Crippen LogP contribution is -2.54. The highest BCUT2D eigenvalue weighted by molar-refractivity contribution is 9.10. The van der Waals surface area contributed by atoms with Crippen molar-refractivity contribution in [3.63, 3.8) is 0 Å². The Balaban J connectivity index is 1.78. The Morgan fingerprint density at radius 3 is 2.62 bits per heavy atom. The van der Waals surface area contributed by atoms with Crippen LogP contribution in [-0.4, -0.2) is 29.9 Å². The average Bonchev–Trinajstić information content (AvgIpc) is 2.74. The predicted molar refractivity (Wildman–Crippen MR) is 134 cm³/mol. The molecule has 0 spiro atoms. The number of amides is 4. The molecule has 8 heteroatoms. The topological polar surface area (TPSA) is 69.7 Å². The molecule has 2 heterocycles. The molecule has 2 aromatic carbocycles. The summed E-state index contributed by atoms with van der Waals surface area (Å²) in [6, 6.07) is 8.98. The fraction of sp³-hybridized carbons (Fsp3) is 0.346. The van der Waals surface area contributed by atoms with Crippen molar-refractivity contribution in [3.05, 3.63) is 63.4 Å². The smallest absolute Gasteiger partial charge is 0.335 e. The van der Waals surface area contributed by atoms with Crippen molar-refractivity contribution in [3.8, 4) is 0 Å². The normalized spacial score (nSPS) is 21.1. The van der Waals surface area contributed by atoms with Gasteiger partial charge in [0.2, 0.25) is 0 Å². The molecule has 1 fully saturated rings. The summed E-state index contributed by atoms with van der Waals surface area (Å²) < 4.78 is 16.0. The van der Waals surface area contributed by atoms with Crippen molar-refractivity contribution >= 4 is 51.2 Å². The summed E-state index contributed by atoms with van der Waals surface area (Å²) >= 11 is 3.32. The Morgan fingerprint density at radius 1 is 1.21 bits per heavy atom. The van der Waals surface area contributed by atoms with Crippen LogP contribution in [0, 0.1) is 5.82 Å². The van der Waals surface area contributed by atoms with E-state index in [2.05, 4.69) is 53.8 Å². The van der Waals surface area contributed by atoms with Crippen LogP contribution >= 0.6 is 15.9 Å². The van der Waals surface area contributed by atoms with Crippen LogP contribution in [0.1, 0.15) is 57.6 Å². The van der Waals surface area contributed by atoms with Crippen molar-refractivity contribution in [2.45, 2.75) is 52.0 Å². The van der Waals surface area contributed by atoms with Gasteiger partial charge < -0.3 is 4.90 Å². The van der Waals surface area contributed by atoms with Crippen molar-refractivity contribution < 1.29 is 18.8 Å². The Bertz CT molecular complexity index is 1220. The zero-order valence-corrected chi connectivity index (χ0v) is 21.2. The van der Waals surface area contributed by atoms with Gasteiger partial charge in [0.15, 0.2) is 0 Å². The molecule has 6 nitrogen and oxygen atoms in total. The highest BCUT2D eigenvalue weighted by Gasteiger charge is 2.39. The van der Waals surface area contributed by atoms with Crippen molar-refractivity contribution in [1.82, 2.24) is 5.32 Å². The summed E-state index contributed by atoms with van der Waals surface area (Å²) in [6.45, 7) is 9.32. The Kier molecular flexibility index (Phi) is 6.38. The Morgan fingerprint density at radius 2 is 1.94 bits per heavy atom. The summed E-state index contributed by atoms with van der Waals surface area (Å²) in [5.74, 6) is -2.00. The molecule has 2 aliphatic rings.